The molecule has 0 aliphatic carbocycles. The van der Waals surface area contributed by atoms with Gasteiger partial charge in [0.05, 0.1) is 29.5 Å². The average Bonchev–Trinajstić information content (AvgIpc) is 2.40. The Hall–Kier alpha value is -1.46. The summed E-state index contributed by atoms with van der Waals surface area (Å²) in [4.78, 5) is 14.2. The number of ether oxygens (including phenoxy) is 2. The second-order valence-electron chi connectivity index (χ2n) is 4.90. The molecule has 0 unspecified atom stereocenters. The van der Waals surface area contributed by atoms with E-state index < -0.39 is 5.97 Å². The molecule has 1 aromatic rings. The van der Waals surface area contributed by atoms with E-state index in [2.05, 4.69) is 0 Å². The molecule has 0 radical (unpaired) electrons. The van der Waals surface area contributed by atoms with Gasteiger partial charge in [0.25, 0.3) is 0 Å². The van der Waals surface area contributed by atoms with Crippen molar-refractivity contribution in [1.82, 2.24) is 0 Å². The van der Waals surface area contributed by atoms with E-state index in [1.165, 1.54) is 0 Å². The monoisotopic (exact) mass is 314 g/mol. The van der Waals surface area contributed by atoms with E-state index in [-0.39, 0.29) is 6.04 Å². The van der Waals surface area contributed by atoms with Crippen LogP contribution < -0.4 is 10.6 Å². The van der Waals surface area contributed by atoms with Crippen LogP contribution in [0.2, 0.25) is 5.02 Å². The highest BCUT2D eigenvalue weighted by atomic mass is 35.5. The van der Waals surface area contributed by atoms with Gasteiger partial charge in [-0.25, -0.2) is 4.79 Å². The third-order valence-electron chi connectivity index (χ3n) is 3.03. The van der Waals surface area contributed by atoms with Gasteiger partial charge >= 0.3 is 5.97 Å². The van der Waals surface area contributed by atoms with Crippen LogP contribution in [0.15, 0.2) is 12.1 Å². The average molecular weight is 315 g/mol. The summed E-state index contributed by atoms with van der Waals surface area (Å²) < 4.78 is 10.2. The predicted octanol–water partition coefficient (Wildman–Crippen LogP) is 2.96. The summed E-state index contributed by atoms with van der Waals surface area (Å²) in [5, 5.41) is 0.433. The maximum absolute atomic E-state index is 12.2. The minimum absolute atomic E-state index is 0.148. The zero-order valence-electron chi connectivity index (χ0n) is 13.0. The summed E-state index contributed by atoms with van der Waals surface area (Å²) in [7, 11) is 1.63. The molecule has 5 nitrogen and oxygen atoms in total. The second kappa shape index (κ2) is 8.10. The third-order valence-corrected chi connectivity index (χ3v) is 3.32. The van der Waals surface area contributed by atoms with Crippen LogP contribution in [0.5, 0.6) is 0 Å². The fourth-order valence-electron chi connectivity index (χ4n) is 2.09. The number of hydrogen-bond donors (Lipinski definition) is 1. The van der Waals surface area contributed by atoms with Crippen molar-refractivity contribution >= 4 is 28.9 Å². The van der Waals surface area contributed by atoms with Crippen LogP contribution in [-0.4, -0.2) is 38.9 Å². The van der Waals surface area contributed by atoms with Crippen molar-refractivity contribution in [1.29, 1.82) is 0 Å². The number of nitrogens with two attached hydrogens (primary N) is 1. The van der Waals surface area contributed by atoms with Crippen molar-refractivity contribution in [3.63, 3.8) is 0 Å². The molecule has 6 heteroatoms. The summed E-state index contributed by atoms with van der Waals surface area (Å²) in [5.41, 5.74) is 7.25. The van der Waals surface area contributed by atoms with E-state index in [1.54, 1.807) is 26.2 Å². The predicted molar refractivity (Wildman–Crippen MR) is 86.2 cm³/mol. The molecule has 2 N–H and O–H groups in total. The molecule has 0 amide bonds. The molecule has 0 saturated heterocycles. The number of rotatable bonds is 7. The van der Waals surface area contributed by atoms with Crippen LogP contribution in [0.25, 0.3) is 0 Å². The molecular formula is C15H23ClN2O3. The number of nitrogens with zero attached hydrogens (tertiary/aromatic N) is 1. The van der Waals surface area contributed by atoms with Crippen molar-refractivity contribution in [3.05, 3.63) is 22.7 Å². The third kappa shape index (κ3) is 4.51. The Bertz CT molecular complexity index is 492. The fraction of sp³-hybridized carbons (Fsp3) is 0.533. The number of anilines is 2. The van der Waals surface area contributed by atoms with Gasteiger partial charge in [-0.05, 0) is 32.9 Å². The van der Waals surface area contributed by atoms with Crippen molar-refractivity contribution in [2.75, 3.05) is 37.5 Å². The van der Waals surface area contributed by atoms with E-state index in [1.807, 2.05) is 18.7 Å². The first kappa shape index (κ1) is 17.6. The number of benzene rings is 1. The van der Waals surface area contributed by atoms with Crippen LogP contribution in [0.1, 0.15) is 31.1 Å². The Kier molecular flexibility index (Phi) is 6.78. The largest absolute Gasteiger partial charge is 0.462 e. The molecule has 0 saturated carbocycles. The highest BCUT2D eigenvalue weighted by Gasteiger charge is 2.23. The molecule has 1 aromatic carbocycles. The van der Waals surface area contributed by atoms with Crippen LogP contribution in [0.3, 0.4) is 0 Å². The maximum Gasteiger partial charge on any atom is 0.340 e. The van der Waals surface area contributed by atoms with Gasteiger partial charge in [0.15, 0.2) is 0 Å². The zero-order chi connectivity index (χ0) is 16.0. The van der Waals surface area contributed by atoms with Gasteiger partial charge in [0, 0.05) is 25.4 Å². The molecule has 0 aliphatic heterocycles. The molecule has 0 spiro atoms. The summed E-state index contributed by atoms with van der Waals surface area (Å²) >= 11 is 6.33. The molecular weight excluding hydrogens is 292 g/mol. The van der Waals surface area contributed by atoms with Gasteiger partial charge < -0.3 is 20.1 Å². The summed E-state index contributed by atoms with van der Waals surface area (Å²) in [5.74, 6) is -0.426. The first-order chi connectivity index (χ1) is 9.92. The number of nitrogen functional groups attached to an aromatic ring is 1. The molecule has 0 bridgehead atoms. The minimum Gasteiger partial charge on any atom is -0.462 e. The first-order valence-electron chi connectivity index (χ1n) is 6.94. The number of hydrogen-bond acceptors (Lipinski definition) is 5. The quantitative estimate of drug-likeness (QED) is 0.619. The van der Waals surface area contributed by atoms with E-state index in [0.717, 1.165) is 0 Å². The van der Waals surface area contributed by atoms with Crippen LogP contribution in [-0.2, 0) is 9.47 Å². The normalized spacial score (nSPS) is 10.8. The van der Waals surface area contributed by atoms with Crippen molar-refractivity contribution in [2.45, 2.75) is 26.8 Å². The Morgan fingerprint density at radius 3 is 2.62 bits per heavy atom. The van der Waals surface area contributed by atoms with Crippen molar-refractivity contribution in [3.8, 4) is 0 Å². The molecule has 118 valence electrons. The van der Waals surface area contributed by atoms with Crippen LogP contribution in [0, 0.1) is 0 Å². The first-order valence-corrected chi connectivity index (χ1v) is 7.31. The van der Waals surface area contributed by atoms with E-state index in [0.29, 0.717) is 41.7 Å². The topological polar surface area (TPSA) is 64.8 Å². The minimum atomic E-state index is -0.426. The van der Waals surface area contributed by atoms with Gasteiger partial charge in [-0.3, -0.25) is 0 Å². The molecule has 0 atom stereocenters. The molecule has 0 aliphatic rings. The number of methoxy groups -OCH3 is 1. The molecule has 0 fully saturated rings. The van der Waals surface area contributed by atoms with Gasteiger partial charge in [0.2, 0.25) is 0 Å². The van der Waals surface area contributed by atoms with Crippen LogP contribution >= 0.6 is 11.6 Å². The summed E-state index contributed by atoms with van der Waals surface area (Å²) in [6, 6.07) is 3.39. The fourth-order valence-corrected chi connectivity index (χ4v) is 2.43. The van der Waals surface area contributed by atoms with E-state index in [4.69, 9.17) is 26.8 Å². The Balaban J connectivity index is 3.32. The standard InChI is InChI=1S/C15H23ClN2O3/c1-5-21-15(19)12-8-11(17)9-13(16)14(12)18(10(2)3)6-7-20-4/h8-10H,5-7,17H2,1-4H3. The zero-order valence-corrected chi connectivity index (χ0v) is 13.7. The lowest BCUT2D eigenvalue weighted by molar-refractivity contribution is 0.0527. The lowest BCUT2D eigenvalue weighted by atomic mass is 10.1. The van der Waals surface area contributed by atoms with Gasteiger partial charge in [-0.2, -0.15) is 0 Å². The maximum atomic E-state index is 12.2. The number of halogens is 1. The number of carbonyl (C=O) groups is 1. The van der Waals surface area contributed by atoms with E-state index >= 15 is 0 Å². The number of esters is 1. The van der Waals surface area contributed by atoms with E-state index in [9.17, 15) is 4.79 Å². The van der Waals surface area contributed by atoms with Crippen molar-refractivity contribution < 1.29 is 14.3 Å². The molecule has 1 rings (SSSR count). The molecule has 21 heavy (non-hydrogen) atoms. The van der Waals surface area contributed by atoms with Gasteiger partial charge in [-0.1, -0.05) is 11.6 Å². The smallest absolute Gasteiger partial charge is 0.340 e. The Morgan fingerprint density at radius 1 is 1.43 bits per heavy atom. The number of carbonyl (C=O) groups excluding carboxylic acids is 1. The Morgan fingerprint density at radius 2 is 2.10 bits per heavy atom. The van der Waals surface area contributed by atoms with Gasteiger partial charge in [-0.15, -0.1) is 0 Å². The highest BCUT2D eigenvalue weighted by molar-refractivity contribution is 6.34. The summed E-state index contributed by atoms with van der Waals surface area (Å²) in [6.07, 6.45) is 0. The second-order valence-corrected chi connectivity index (χ2v) is 5.31. The highest BCUT2D eigenvalue weighted by Crippen LogP contribution is 2.34. The van der Waals surface area contributed by atoms with Crippen LogP contribution in [0.4, 0.5) is 11.4 Å². The molecule has 0 heterocycles. The lowest BCUT2D eigenvalue weighted by Gasteiger charge is -2.31. The Labute approximate surface area is 131 Å². The van der Waals surface area contributed by atoms with Gasteiger partial charge in [0.1, 0.15) is 0 Å². The summed E-state index contributed by atoms with van der Waals surface area (Å²) in [6.45, 7) is 7.25. The van der Waals surface area contributed by atoms with Crippen molar-refractivity contribution in [2.24, 2.45) is 0 Å². The lowest BCUT2D eigenvalue weighted by Crippen LogP contribution is -2.35. The molecule has 0 aromatic heterocycles. The SMILES string of the molecule is CCOC(=O)c1cc(N)cc(Cl)c1N(CCOC)C(C)C.